The number of ether oxygens (including phenoxy) is 5. The van der Waals surface area contributed by atoms with Crippen molar-refractivity contribution < 1.29 is 28.5 Å². The Morgan fingerprint density at radius 3 is 2.08 bits per heavy atom. The summed E-state index contributed by atoms with van der Waals surface area (Å²) in [6.07, 6.45) is 6.68. The molecule has 0 spiro atoms. The molecule has 2 aliphatic heterocycles. The molecule has 2 aromatic carbocycles. The Bertz CT molecular complexity index is 884. The van der Waals surface area contributed by atoms with E-state index >= 15 is 0 Å². The van der Waals surface area contributed by atoms with Crippen molar-refractivity contribution in [3.63, 3.8) is 0 Å². The second kappa shape index (κ2) is 7.23. The molecule has 2 aliphatic rings. The van der Waals surface area contributed by atoms with Crippen molar-refractivity contribution in [2.45, 2.75) is 0 Å². The van der Waals surface area contributed by atoms with Gasteiger partial charge in [0.15, 0.2) is 23.0 Å². The summed E-state index contributed by atoms with van der Waals surface area (Å²) in [5, 5.41) is 0. The molecular weight excluding hydrogens is 336 g/mol. The lowest BCUT2D eigenvalue weighted by Crippen LogP contribution is -1.99. The quantitative estimate of drug-likeness (QED) is 0.607. The molecular formula is C20H16O6. The number of hydrogen-bond acceptors (Lipinski definition) is 6. The summed E-state index contributed by atoms with van der Waals surface area (Å²) < 4.78 is 26.3. The number of rotatable bonds is 5. The van der Waals surface area contributed by atoms with Gasteiger partial charge in [-0.15, -0.1) is 0 Å². The Balaban J connectivity index is 1.27. The summed E-state index contributed by atoms with van der Waals surface area (Å²) in [6, 6.07) is 11.1. The maximum absolute atomic E-state index is 11.8. The molecule has 0 fully saturated rings. The largest absolute Gasteiger partial charge is 0.458 e. The number of carbonyl (C=O) groups excluding carboxylic acids is 1. The van der Waals surface area contributed by atoms with E-state index in [9.17, 15) is 4.79 Å². The average Bonchev–Trinajstić information content (AvgIpc) is 3.31. The van der Waals surface area contributed by atoms with E-state index in [0.717, 1.165) is 22.6 Å². The summed E-state index contributed by atoms with van der Waals surface area (Å²) >= 11 is 0. The molecule has 0 N–H and O–H groups in total. The van der Waals surface area contributed by atoms with E-state index in [0.29, 0.717) is 11.5 Å². The maximum Gasteiger partial charge on any atom is 0.331 e. The lowest BCUT2D eigenvalue weighted by Gasteiger charge is -1.99. The molecule has 26 heavy (non-hydrogen) atoms. The van der Waals surface area contributed by atoms with Gasteiger partial charge in [0.2, 0.25) is 13.6 Å². The number of benzene rings is 2. The molecule has 0 unspecified atom stereocenters. The molecule has 0 atom stereocenters. The molecule has 0 aliphatic carbocycles. The van der Waals surface area contributed by atoms with Gasteiger partial charge in [0.25, 0.3) is 0 Å². The second-order valence-electron chi connectivity index (χ2n) is 5.59. The van der Waals surface area contributed by atoms with E-state index in [1.807, 2.05) is 36.4 Å². The Hall–Kier alpha value is -3.41. The first-order valence-electron chi connectivity index (χ1n) is 8.09. The van der Waals surface area contributed by atoms with Crippen molar-refractivity contribution in [1.29, 1.82) is 0 Å². The van der Waals surface area contributed by atoms with Crippen LogP contribution in [-0.4, -0.2) is 26.2 Å². The Morgan fingerprint density at radius 1 is 0.846 bits per heavy atom. The van der Waals surface area contributed by atoms with Crippen LogP contribution in [0.3, 0.4) is 0 Å². The Labute approximate surface area is 150 Å². The highest BCUT2D eigenvalue weighted by molar-refractivity contribution is 5.87. The van der Waals surface area contributed by atoms with Crippen LogP contribution in [0.15, 0.2) is 48.6 Å². The summed E-state index contributed by atoms with van der Waals surface area (Å²) in [5.74, 6) is 2.42. The standard InChI is InChI=1S/C20H16O6/c21-20(8-5-15-4-7-17-19(11-15)26-13-24-17)22-9-1-2-14-3-6-16-18(10-14)25-12-23-16/h1-8,10-11H,9,12-13H2/b2-1-,8-5-. The summed E-state index contributed by atoms with van der Waals surface area (Å²) in [6.45, 7) is 0.648. The van der Waals surface area contributed by atoms with Crippen LogP contribution in [0.1, 0.15) is 11.1 Å². The maximum atomic E-state index is 11.8. The van der Waals surface area contributed by atoms with Crippen molar-refractivity contribution in [3.05, 3.63) is 59.7 Å². The molecule has 0 aromatic heterocycles. The molecule has 0 saturated carbocycles. The highest BCUT2D eigenvalue weighted by Gasteiger charge is 2.13. The fraction of sp³-hybridized carbons (Fsp3) is 0.150. The Morgan fingerprint density at radius 2 is 1.42 bits per heavy atom. The summed E-state index contributed by atoms with van der Waals surface area (Å²) in [4.78, 5) is 11.8. The molecule has 0 bridgehead atoms. The monoisotopic (exact) mass is 352 g/mol. The summed E-state index contributed by atoms with van der Waals surface area (Å²) in [7, 11) is 0. The minimum absolute atomic E-state index is 0.179. The molecule has 0 saturated heterocycles. The fourth-order valence-corrected chi connectivity index (χ4v) is 2.56. The van der Waals surface area contributed by atoms with E-state index in [2.05, 4.69) is 0 Å². The van der Waals surface area contributed by atoms with Gasteiger partial charge in [-0.05, 0) is 47.5 Å². The molecule has 6 nitrogen and oxygen atoms in total. The van der Waals surface area contributed by atoms with Gasteiger partial charge in [-0.1, -0.05) is 18.2 Å². The highest BCUT2D eigenvalue weighted by atomic mass is 16.7. The minimum Gasteiger partial charge on any atom is -0.458 e. The third-order valence-corrected chi connectivity index (χ3v) is 3.84. The van der Waals surface area contributed by atoms with E-state index in [-0.39, 0.29) is 20.2 Å². The van der Waals surface area contributed by atoms with Crippen molar-refractivity contribution in [3.8, 4) is 23.0 Å². The second-order valence-corrected chi connectivity index (χ2v) is 5.59. The van der Waals surface area contributed by atoms with E-state index in [4.69, 9.17) is 23.7 Å². The van der Waals surface area contributed by atoms with E-state index in [1.165, 1.54) is 6.08 Å². The third-order valence-electron chi connectivity index (χ3n) is 3.84. The zero-order valence-corrected chi connectivity index (χ0v) is 13.8. The van der Waals surface area contributed by atoms with Gasteiger partial charge in [-0.3, -0.25) is 0 Å². The predicted molar refractivity (Wildman–Crippen MR) is 94.2 cm³/mol. The van der Waals surface area contributed by atoms with Crippen LogP contribution in [0.5, 0.6) is 23.0 Å². The van der Waals surface area contributed by atoms with Crippen LogP contribution in [0, 0.1) is 0 Å². The van der Waals surface area contributed by atoms with Crippen molar-refractivity contribution in [2.75, 3.05) is 20.2 Å². The molecule has 6 heteroatoms. The zero-order valence-electron chi connectivity index (χ0n) is 13.8. The highest BCUT2D eigenvalue weighted by Crippen LogP contribution is 2.33. The first-order valence-corrected chi connectivity index (χ1v) is 8.09. The number of fused-ring (bicyclic) bond motifs is 2. The molecule has 2 aromatic rings. The number of hydrogen-bond donors (Lipinski definition) is 0. The average molecular weight is 352 g/mol. The van der Waals surface area contributed by atoms with Gasteiger partial charge in [-0.25, -0.2) is 4.79 Å². The van der Waals surface area contributed by atoms with E-state index < -0.39 is 5.97 Å². The van der Waals surface area contributed by atoms with Gasteiger partial charge in [0.05, 0.1) is 0 Å². The smallest absolute Gasteiger partial charge is 0.331 e. The summed E-state index contributed by atoms with van der Waals surface area (Å²) in [5.41, 5.74) is 1.78. The van der Waals surface area contributed by atoms with Gasteiger partial charge in [-0.2, -0.15) is 0 Å². The lowest BCUT2D eigenvalue weighted by molar-refractivity contribution is -0.136. The van der Waals surface area contributed by atoms with Crippen molar-refractivity contribution in [1.82, 2.24) is 0 Å². The van der Waals surface area contributed by atoms with Crippen LogP contribution in [0.2, 0.25) is 0 Å². The fourth-order valence-electron chi connectivity index (χ4n) is 2.56. The predicted octanol–water partition coefficient (Wildman–Crippen LogP) is 3.41. The SMILES string of the molecule is O=C(/C=C\c1ccc2c(c1)OCO2)OC/C=C\c1ccc2c(c1)OCO2. The van der Waals surface area contributed by atoms with Crippen LogP contribution in [0.25, 0.3) is 12.2 Å². The van der Waals surface area contributed by atoms with Crippen LogP contribution < -0.4 is 18.9 Å². The number of esters is 1. The first kappa shape index (κ1) is 16.1. The number of carbonyl (C=O) groups is 1. The van der Waals surface area contributed by atoms with Crippen LogP contribution >= 0.6 is 0 Å². The van der Waals surface area contributed by atoms with Crippen LogP contribution in [0.4, 0.5) is 0 Å². The van der Waals surface area contributed by atoms with Crippen molar-refractivity contribution in [2.24, 2.45) is 0 Å². The van der Waals surface area contributed by atoms with Crippen LogP contribution in [-0.2, 0) is 9.53 Å². The normalized spacial score (nSPS) is 14.3. The Kier molecular flexibility index (Phi) is 4.47. The molecule has 0 amide bonds. The van der Waals surface area contributed by atoms with Gasteiger partial charge >= 0.3 is 5.97 Å². The van der Waals surface area contributed by atoms with Crippen molar-refractivity contribution >= 4 is 18.1 Å². The van der Waals surface area contributed by atoms with E-state index in [1.54, 1.807) is 18.2 Å². The molecule has 2 heterocycles. The van der Waals surface area contributed by atoms with Gasteiger partial charge in [0, 0.05) is 6.08 Å². The third kappa shape index (κ3) is 3.64. The molecule has 132 valence electrons. The topological polar surface area (TPSA) is 63.2 Å². The van der Waals surface area contributed by atoms with Gasteiger partial charge < -0.3 is 23.7 Å². The lowest BCUT2D eigenvalue weighted by atomic mass is 10.2. The zero-order chi connectivity index (χ0) is 17.8. The first-order chi connectivity index (χ1) is 12.8. The molecule has 0 radical (unpaired) electrons. The minimum atomic E-state index is -0.419. The van der Waals surface area contributed by atoms with Gasteiger partial charge in [0.1, 0.15) is 6.61 Å². The molecule has 4 rings (SSSR count).